The van der Waals surface area contributed by atoms with Gasteiger partial charge in [0.2, 0.25) is 0 Å². The van der Waals surface area contributed by atoms with Crippen molar-refractivity contribution in [2.24, 2.45) is 35.5 Å². The van der Waals surface area contributed by atoms with Crippen LogP contribution in [0.1, 0.15) is 102 Å². The lowest BCUT2D eigenvalue weighted by molar-refractivity contribution is -0.202. The van der Waals surface area contributed by atoms with E-state index < -0.39 is 46.9 Å². The van der Waals surface area contributed by atoms with E-state index in [1.165, 1.54) is 0 Å². The molecule has 8 heteroatoms. The van der Waals surface area contributed by atoms with Crippen molar-refractivity contribution in [1.29, 1.82) is 0 Å². The lowest BCUT2D eigenvalue weighted by Crippen LogP contribution is -2.59. The number of methoxy groups -OCH3 is 1. The van der Waals surface area contributed by atoms with Crippen molar-refractivity contribution in [3.05, 3.63) is 0 Å². The van der Waals surface area contributed by atoms with Crippen LogP contribution in [0.5, 0.6) is 0 Å². The Morgan fingerprint density at radius 1 is 1.05 bits per heavy atom. The average Bonchev–Trinajstić information content (AvgIpc) is 2.84. The number of likely N-dealkylation sites (N-methyl/N-ethyl adjacent to an activating group) is 1. The van der Waals surface area contributed by atoms with E-state index in [0.717, 1.165) is 6.42 Å². The number of hydrogen-bond acceptors (Lipinski definition) is 8. The van der Waals surface area contributed by atoms with Gasteiger partial charge in [0.1, 0.15) is 17.8 Å². The van der Waals surface area contributed by atoms with Crippen molar-refractivity contribution in [2.75, 3.05) is 20.7 Å². The maximum atomic E-state index is 14.0. The van der Waals surface area contributed by atoms with Crippen molar-refractivity contribution in [1.82, 2.24) is 4.90 Å². The highest BCUT2D eigenvalue weighted by Gasteiger charge is 2.51. The fourth-order valence-electron chi connectivity index (χ4n) is 8.66. The summed E-state index contributed by atoms with van der Waals surface area (Å²) >= 11 is 0. The highest BCUT2D eigenvalue weighted by molar-refractivity contribution is 5.73. The summed E-state index contributed by atoms with van der Waals surface area (Å²) in [6.07, 6.45) is -0.0822. The smallest absolute Gasteiger partial charge is 0.309 e. The van der Waals surface area contributed by atoms with Crippen LogP contribution < -0.4 is 0 Å². The Bertz CT molecular complexity index is 847. The molecule has 2 fully saturated rings. The Morgan fingerprint density at radius 3 is 2.15 bits per heavy atom. The van der Waals surface area contributed by atoms with Gasteiger partial charge in [0.15, 0.2) is 0 Å². The molecule has 0 radical (unpaired) electrons. The minimum Gasteiger partial charge on any atom is -0.459 e. The van der Waals surface area contributed by atoms with Gasteiger partial charge >= 0.3 is 5.97 Å². The molecule has 2 saturated heterocycles. The Kier molecular flexibility index (Phi) is 12.3. The normalized spacial score (nSPS) is 48.4. The summed E-state index contributed by atoms with van der Waals surface area (Å²) in [7, 11) is 3.66. The van der Waals surface area contributed by atoms with Gasteiger partial charge in [-0.05, 0) is 78.2 Å². The quantitative estimate of drug-likeness (QED) is 0.409. The number of nitrogens with zero attached hydrogens (tertiary/aromatic N) is 1. The van der Waals surface area contributed by atoms with Crippen LogP contribution in [0.2, 0.25) is 0 Å². The van der Waals surface area contributed by atoms with Crippen LogP contribution in [0.4, 0.5) is 0 Å². The average molecular weight is 586 g/mol. The predicted octanol–water partition coefficient (Wildman–Crippen LogP) is 4.66. The van der Waals surface area contributed by atoms with Gasteiger partial charge in [-0.1, -0.05) is 41.5 Å². The van der Waals surface area contributed by atoms with E-state index in [9.17, 15) is 20.1 Å². The van der Waals surface area contributed by atoms with Gasteiger partial charge in [0.25, 0.3) is 0 Å². The first-order valence-electron chi connectivity index (χ1n) is 16.0. The highest BCUT2D eigenvalue weighted by Crippen LogP contribution is 2.47. The van der Waals surface area contributed by atoms with Crippen molar-refractivity contribution in [3.63, 3.8) is 0 Å². The Balaban J connectivity index is 2.70. The maximum Gasteiger partial charge on any atom is 0.309 e. The molecule has 0 aliphatic carbocycles. The van der Waals surface area contributed by atoms with Crippen LogP contribution in [0.3, 0.4) is 0 Å². The van der Waals surface area contributed by atoms with Gasteiger partial charge in [0, 0.05) is 38.5 Å². The first-order valence-corrected chi connectivity index (χ1v) is 16.0. The Morgan fingerprint density at radius 2 is 1.63 bits per heavy atom. The molecular formula is C33H63NO7. The van der Waals surface area contributed by atoms with Gasteiger partial charge in [0.05, 0.1) is 29.3 Å². The van der Waals surface area contributed by atoms with Crippen LogP contribution in [0, 0.1) is 35.5 Å². The molecule has 3 N–H and O–H groups in total. The second kappa shape index (κ2) is 13.9. The number of ether oxygens (including phenoxy) is 3. The minimum absolute atomic E-state index is 0.0555. The van der Waals surface area contributed by atoms with Gasteiger partial charge in [-0.25, -0.2) is 0 Å². The number of esters is 1. The molecule has 41 heavy (non-hydrogen) atoms. The van der Waals surface area contributed by atoms with Crippen LogP contribution >= 0.6 is 0 Å². The fraction of sp³-hybridized carbons (Fsp3) is 0.970. The molecule has 2 aliphatic rings. The molecule has 0 amide bonds. The maximum absolute atomic E-state index is 14.0. The number of rotatable bonds is 4. The van der Waals surface area contributed by atoms with Gasteiger partial charge in [-0.15, -0.1) is 0 Å². The molecule has 0 aromatic heterocycles. The molecule has 2 heterocycles. The molecular weight excluding hydrogens is 522 g/mol. The summed E-state index contributed by atoms with van der Waals surface area (Å²) in [5.74, 6) is -1.23. The Hall–Kier alpha value is -0.770. The Labute approximate surface area is 250 Å². The molecule has 0 bridgehead atoms. The molecule has 1 unspecified atom stereocenters. The third-order valence-electron chi connectivity index (χ3n) is 10.6. The van der Waals surface area contributed by atoms with Crippen molar-refractivity contribution in [2.45, 2.75) is 149 Å². The summed E-state index contributed by atoms with van der Waals surface area (Å²) in [5, 5.41) is 35.1. The summed E-state index contributed by atoms with van der Waals surface area (Å²) in [6, 6.07) is -0.399. The monoisotopic (exact) mass is 585 g/mol. The van der Waals surface area contributed by atoms with Gasteiger partial charge in [-0.2, -0.15) is 0 Å². The summed E-state index contributed by atoms with van der Waals surface area (Å²) in [4.78, 5) is 16.0. The zero-order valence-electron chi connectivity index (χ0n) is 28.3. The number of hydrogen-bond donors (Lipinski definition) is 3. The number of carbonyl (C=O) groups is 1. The zero-order chi connectivity index (χ0) is 31.7. The van der Waals surface area contributed by atoms with E-state index in [-0.39, 0.29) is 41.8 Å². The van der Waals surface area contributed by atoms with E-state index in [0.29, 0.717) is 25.8 Å². The van der Waals surface area contributed by atoms with Gasteiger partial charge in [-0.3, -0.25) is 4.79 Å². The largest absolute Gasteiger partial charge is 0.459 e. The number of carbonyl (C=O) groups excluding carboxylic acids is 1. The lowest BCUT2D eigenvalue weighted by Gasteiger charge is -2.50. The summed E-state index contributed by atoms with van der Waals surface area (Å²) < 4.78 is 18.6. The van der Waals surface area contributed by atoms with Crippen molar-refractivity contribution < 1.29 is 34.3 Å². The first-order chi connectivity index (χ1) is 18.7. The predicted molar refractivity (Wildman–Crippen MR) is 162 cm³/mol. The highest BCUT2D eigenvalue weighted by atomic mass is 16.6. The van der Waals surface area contributed by atoms with E-state index >= 15 is 0 Å². The zero-order valence-corrected chi connectivity index (χ0v) is 28.3. The molecule has 2 rings (SSSR count). The molecule has 0 spiro atoms. The van der Waals surface area contributed by atoms with Crippen LogP contribution in [0.15, 0.2) is 0 Å². The van der Waals surface area contributed by atoms with Gasteiger partial charge < -0.3 is 34.4 Å². The topological polar surface area (TPSA) is 109 Å². The van der Waals surface area contributed by atoms with E-state index in [1.807, 2.05) is 46.6 Å². The number of cyclic esters (lactones) is 1. The van der Waals surface area contributed by atoms with Crippen LogP contribution in [-0.4, -0.2) is 94.2 Å². The van der Waals surface area contributed by atoms with Crippen LogP contribution in [0.25, 0.3) is 0 Å². The minimum atomic E-state index is -1.65. The van der Waals surface area contributed by atoms with E-state index in [1.54, 1.807) is 14.0 Å². The summed E-state index contributed by atoms with van der Waals surface area (Å²) in [5.41, 5.74) is -3.06. The van der Waals surface area contributed by atoms with E-state index in [2.05, 4.69) is 34.6 Å². The lowest BCUT2D eigenvalue weighted by atomic mass is 9.62. The molecule has 242 valence electrons. The molecule has 0 aromatic rings. The third-order valence-corrected chi connectivity index (χ3v) is 10.6. The van der Waals surface area contributed by atoms with Crippen LogP contribution in [-0.2, 0) is 19.0 Å². The first kappa shape index (κ1) is 36.4. The number of aliphatic hydroxyl groups is 3. The molecule has 0 aromatic carbocycles. The second-order valence-corrected chi connectivity index (χ2v) is 14.9. The second-order valence-electron chi connectivity index (χ2n) is 14.9. The van der Waals surface area contributed by atoms with Crippen molar-refractivity contribution in [3.8, 4) is 0 Å². The molecule has 8 nitrogen and oxygen atoms in total. The third kappa shape index (κ3) is 8.24. The molecule has 2 aliphatic heterocycles. The molecule has 0 saturated carbocycles. The standard InChI is InChI=1S/C33H63NO7/c1-14-26-33(11,38)29(35)24(8)34(12)18-20(4)15-32(10,37)28(19(2)3)22(6)27(23(7)30(36)41-26)25-17-31(9,39-13)16-21(5)40-25/h19-29,35,37-38H,14-18H2,1-13H3/t20-,21+,22+,23-,24-,25?,26-,27+,28-,29-,31+,32-,33-/m1/s1. The number of aliphatic hydroxyl groups excluding tert-OH is 1. The van der Waals surface area contributed by atoms with E-state index in [4.69, 9.17) is 14.2 Å². The van der Waals surface area contributed by atoms with Crippen molar-refractivity contribution >= 4 is 5.97 Å². The SMILES string of the molecule is CC[C@H]1OC(=O)[C@H](C)[C@@H](C2C[C@@](C)(OC)C[C@H](C)O2)[C@H](C)[C@@H](C(C)C)[C@](C)(O)C[C@@H](C)CN(C)[C@H](C)[C@@H](O)[C@]1(C)O. The fourth-order valence-corrected chi connectivity index (χ4v) is 8.66. The summed E-state index contributed by atoms with van der Waals surface area (Å²) in [6.45, 7) is 22.5. The molecule has 13 atom stereocenters.